The number of rotatable bonds is 4. The van der Waals surface area contributed by atoms with Crippen LogP contribution in [0, 0.1) is 5.41 Å². The number of carbonyl (C=O) groups is 1. The number of aliphatic hydroxyl groups is 1. The number of anilines is 1. The molecule has 3 fully saturated rings. The Kier molecular flexibility index (Phi) is 4.63. The number of carbonyl (C=O) groups excluding carboxylic acids is 1. The third kappa shape index (κ3) is 3.43. The molecule has 0 aromatic carbocycles. The first-order valence-corrected chi connectivity index (χ1v) is 9.98. The maximum absolute atomic E-state index is 12.7. The van der Waals surface area contributed by atoms with Crippen LogP contribution >= 0.6 is 0 Å². The van der Waals surface area contributed by atoms with Crippen LogP contribution in [0.2, 0.25) is 0 Å². The van der Waals surface area contributed by atoms with Crippen molar-refractivity contribution in [3.63, 3.8) is 0 Å². The summed E-state index contributed by atoms with van der Waals surface area (Å²) in [5.41, 5.74) is -0.475. The monoisotopic (exact) mass is 358 g/mol. The van der Waals surface area contributed by atoms with Crippen LogP contribution < -0.4 is 4.90 Å². The third-order valence-electron chi connectivity index (χ3n) is 6.87. The van der Waals surface area contributed by atoms with Crippen LogP contribution in [0.15, 0.2) is 18.6 Å². The normalized spacial score (nSPS) is 30.2. The zero-order valence-electron chi connectivity index (χ0n) is 15.7. The van der Waals surface area contributed by atoms with Crippen LogP contribution in [0.25, 0.3) is 0 Å². The fourth-order valence-electron chi connectivity index (χ4n) is 5.15. The van der Waals surface area contributed by atoms with Crippen LogP contribution in [0.1, 0.15) is 57.8 Å². The number of nitrogens with zero attached hydrogens (tertiary/aromatic N) is 4. The van der Waals surface area contributed by atoms with Crippen LogP contribution in [-0.4, -0.2) is 57.7 Å². The molecule has 1 aromatic rings. The molecule has 6 nitrogen and oxygen atoms in total. The zero-order chi connectivity index (χ0) is 18.2. The van der Waals surface area contributed by atoms with E-state index in [0.29, 0.717) is 12.5 Å². The molecule has 0 atom stereocenters. The minimum absolute atomic E-state index is 0.152. The predicted molar refractivity (Wildman–Crippen MR) is 99.7 cm³/mol. The quantitative estimate of drug-likeness (QED) is 0.895. The fourth-order valence-corrected chi connectivity index (χ4v) is 5.15. The molecule has 0 unspecified atom stereocenters. The van der Waals surface area contributed by atoms with Crippen LogP contribution in [-0.2, 0) is 4.79 Å². The zero-order valence-corrected chi connectivity index (χ0v) is 15.7. The largest absolute Gasteiger partial charge is 0.389 e. The lowest BCUT2D eigenvalue weighted by Crippen LogP contribution is -2.51. The highest BCUT2D eigenvalue weighted by molar-refractivity contribution is 5.77. The van der Waals surface area contributed by atoms with Gasteiger partial charge in [-0.05, 0) is 43.6 Å². The van der Waals surface area contributed by atoms with Crippen molar-refractivity contribution >= 4 is 11.7 Å². The molecule has 2 saturated carbocycles. The van der Waals surface area contributed by atoms with E-state index in [1.54, 1.807) is 12.5 Å². The fraction of sp³-hybridized carbons (Fsp3) is 0.750. The summed E-state index contributed by atoms with van der Waals surface area (Å²) in [4.78, 5) is 25.3. The molecule has 2 aliphatic carbocycles. The van der Waals surface area contributed by atoms with Gasteiger partial charge < -0.3 is 14.9 Å². The molecule has 1 saturated heterocycles. The Balaban J connectivity index is 1.30. The van der Waals surface area contributed by atoms with Crippen molar-refractivity contribution in [1.29, 1.82) is 0 Å². The number of likely N-dealkylation sites (tertiary alicyclic amines) is 1. The van der Waals surface area contributed by atoms with E-state index in [1.165, 1.54) is 6.42 Å². The molecule has 1 amide bonds. The first-order chi connectivity index (χ1) is 12.5. The molecule has 4 rings (SSSR count). The van der Waals surface area contributed by atoms with Gasteiger partial charge in [0.25, 0.3) is 0 Å². The molecular formula is C20H30N4O2. The van der Waals surface area contributed by atoms with E-state index in [2.05, 4.69) is 21.9 Å². The molecule has 1 aromatic heterocycles. The molecule has 26 heavy (non-hydrogen) atoms. The van der Waals surface area contributed by atoms with Gasteiger partial charge in [0.05, 0.1) is 12.0 Å². The van der Waals surface area contributed by atoms with Crippen molar-refractivity contribution in [3.05, 3.63) is 18.6 Å². The van der Waals surface area contributed by atoms with Crippen molar-refractivity contribution < 1.29 is 9.90 Å². The second kappa shape index (κ2) is 6.80. The van der Waals surface area contributed by atoms with Gasteiger partial charge in [0, 0.05) is 32.4 Å². The predicted octanol–water partition coefficient (Wildman–Crippen LogP) is 2.38. The van der Waals surface area contributed by atoms with Gasteiger partial charge >= 0.3 is 0 Å². The van der Waals surface area contributed by atoms with E-state index in [4.69, 9.17) is 0 Å². The van der Waals surface area contributed by atoms with Crippen molar-refractivity contribution in [3.8, 4) is 0 Å². The van der Waals surface area contributed by atoms with Gasteiger partial charge in [0.15, 0.2) is 0 Å². The summed E-state index contributed by atoms with van der Waals surface area (Å²) in [7, 11) is 2.09. The lowest BCUT2D eigenvalue weighted by Gasteiger charge is -2.49. The van der Waals surface area contributed by atoms with Gasteiger partial charge in [-0.15, -0.1) is 0 Å². The summed E-state index contributed by atoms with van der Waals surface area (Å²) < 4.78 is 0. The number of hydrogen-bond donors (Lipinski definition) is 1. The smallest absolute Gasteiger partial charge is 0.225 e. The number of hydrogen-bond acceptors (Lipinski definition) is 5. The molecule has 2 heterocycles. The van der Waals surface area contributed by atoms with Crippen molar-refractivity contribution in [2.45, 2.75) is 69.4 Å². The summed E-state index contributed by atoms with van der Waals surface area (Å²) in [6.07, 6.45) is 11.8. The molecule has 1 spiro atoms. The van der Waals surface area contributed by atoms with Crippen molar-refractivity contribution in [1.82, 2.24) is 14.9 Å². The average molecular weight is 358 g/mol. The topological polar surface area (TPSA) is 69.6 Å². The molecule has 142 valence electrons. The van der Waals surface area contributed by atoms with Gasteiger partial charge in [0.2, 0.25) is 5.91 Å². The van der Waals surface area contributed by atoms with Crippen molar-refractivity contribution in [2.24, 2.45) is 5.41 Å². The minimum Gasteiger partial charge on any atom is -0.389 e. The lowest BCUT2D eigenvalue weighted by molar-refractivity contribution is -0.137. The maximum Gasteiger partial charge on any atom is 0.225 e. The van der Waals surface area contributed by atoms with E-state index in [9.17, 15) is 9.90 Å². The van der Waals surface area contributed by atoms with Crippen molar-refractivity contribution in [2.75, 3.05) is 25.0 Å². The maximum atomic E-state index is 12.7. The highest BCUT2D eigenvalue weighted by Crippen LogP contribution is 2.50. The Labute approximate surface area is 155 Å². The van der Waals surface area contributed by atoms with E-state index in [-0.39, 0.29) is 11.3 Å². The standard InChI is InChI=1S/C20H30N4O2/c1-23(17-5-9-21-15-22-17)16-11-19(12-16)8-10-24(14-19)18(25)13-20(26)6-3-2-4-7-20/h5,9,15-16,26H,2-4,6-8,10-14H2,1H3. The minimum atomic E-state index is -0.750. The molecule has 3 aliphatic rings. The number of aromatic nitrogens is 2. The van der Waals surface area contributed by atoms with E-state index < -0.39 is 5.60 Å². The Bertz CT molecular complexity index is 638. The van der Waals surface area contributed by atoms with Gasteiger partial charge in [-0.2, -0.15) is 0 Å². The van der Waals surface area contributed by atoms with Crippen LogP contribution in [0.4, 0.5) is 5.82 Å². The van der Waals surface area contributed by atoms with Gasteiger partial charge in [0.1, 0.15) is 12.1 Å². The first kappa shape index (κ1) is 17.7. The number of amides is 1. The Morgan fingerprint density at radius 2 is 2.08 bits per heavy atom. The average Bonchev–Trinajstić information content (AvgIpc) is 3.07. The van der Waals surface area contributed by atoms with Gasteiger partial charge in [-0.3, -0.25) is 4.79 Å². The van der Waals surface area contributed by atoms with E-state index in [1.807, 2.05) is 11.0 Å². The van der Waals surface area contributed by atoms with E-state index in [0.717, 1.165) is 63.9 Å². The Hall–Kier alpha value is -1.69. The highest BCUT2D eigenvalue weighted by atomic mass is 16.3. The summed E-state index contributed by atoms with van der Waals surface area (Å²) in [5.74, 6) is 1.11. The Morgan fingerprint density at radius 1 is 1.31 bits per heavy atom. The molecule has 0 radical (unpaired) electrons. The van der Waals surface area contributed by atoms with E-state index >= 15 is 0 Å². The van der Waals surface area contributed by atoms with Gasteiger partial charge in [-0.1, -0.05) is 19.3 Å². The summed E-state index contributed by atoms with van der Waals surface area (Å²) >= 11 is 0. The molecule has 1 N–H and O–H groups in total. The lowest BCUT2D eigenvalue weighted by atomic mass is 9.64. The summed E-state index contributed by atoms with van der Waals surface area (Å²) in [6.45, 7) is 1.70. The highest BCUT2D eigenvalue weighted by Gasteiger charge is 2.51. The summed E-state index contributed by atoms with van der Waals surface area (Å²) in [5, 5.41) is 10.7. The van der Waals surface area contributed by atoms with Crippen LogP contribution in [0.3, 0.4) is 0 Å². The first-order valence-electron chi connectivity index (χ1n) is 9.98. The third-order valence-corrected chi connectivity index (χ3v) is 6.87. The second-order valence-corrected chi connectivity index (χ2v) is 8.77. The molecule has 6 heteroatoms. The Morgan fingerprint density at radius 3 is 2.77 bits per heavy atom. The second-order valence-electron chi connectivity index (χ2n) is 8.77. The molecule has 0 bridgehead atoms. The molecule has 1 aliphatic heterocycles. The van der Waals surface area contributed by atoms with Crippen LogP contribution in [0.5, 0.6) is 0 Å². The summed E-state index contributed by atoms with van der Waals surface area (Å²) in [6, 6.07) is 2.43. The van der Waals surface area contributed by atoms with Gasteiger partial charge in [-0.25, -0.2) is 9.97 Å². The SMILES string of the molecule is CN(c1ccncn1)C1CC2(CCN(C(=O)CC3(O)CCCCC3)C2)C1. The molecular weight excluding hydrogens is 328 g/mol.